The van der Waals surface area contributed by atoms with Crippen LogP contribution in [0.1, 0.15) is 47.5 Å². The average molecular weight is 260 g/mol. The summed E-state index contributed by atoms with van der Waals surface area (Å²) in [4.78, 5) is 0. The quantitative estimate of drug-likeness (QED) is 0.503. The van der Waals surface area contributed by atoms with Gasteiger partial charge in [-0.3, -0.25) is 0 Å². The zero-order valence-electron chi connectivity index (χ0n) is 12.9. The molecule has 18 heavy (non-hydrogen) atoms. The van der Waals surface area contributed by atoms with Gasteiger partial charge in [-0.05, 0) is 25.2 Å². The monoisotopic (exact) mass is 260 g/mol. The van der Waals surface area contributed by atoms with Crippen LogP contribution in [0.2, 0.25) is 0 Å². The first-order valence-electron chi connectivity index (χ1n) is 7.33. The van der Waals surface area contributed by atoms with Crippen molar-refractivity contribution in [1.82, 2.24) is 0 Å². The second-order valence-corrected chi connectivity index (χ2v) is 5.58. The van der Waals surface area contributed by atoms with Gasteiger partial charge < -0.3 is 14.2 Å². The Morgan fingerprint density at radius 1 is 0.833 bits per heavy atom. The van der Waals surface area contributed by atoms with Gasteiger partial charge in [-0.1, -0.05) is 34.1 Å². The van der Waals surface area contributed by atoms with E-state index in [1.807, 2.05) is 6.92 Å². The third kappa shape index (κ3) is 12.3. The molecule has 0 bridgehead atoms. The second kappa shape index (κ2) is 11.9. The van der Waals surface area contributed by atoms with E-state index in [1.165, 1.54) is 12.8 Å². The van der Waals surface area contributed by atoms with E-state index in [-0.39, 0.29) is 6.10 Å². The minimum atomic E-state index is 0.154. The summed E-state index contributed by atoms with van der Waals surface area (Å²) in [6.07, 6.45) is 2.61. The van der Waals surface area contributed by atoms with Gasteiger partial charge in [0.25, 0.3) is 0 Å². The zero-order chi connectivity index (χ0) is 13.8. The van der Waals surface area contributed by atoms with Crippen LogP contribution in [0.25, 0.3) is 0 Å². The molecule has 0 rings (SSSR count). The molecule has 0 aliphatic carbocycles. The lowest BCUT2D eigenvalue weighted by molar-refractivity contribution is -0.0373. The highest BCUT2D eigenvalue weighted by molar-refractivity contribution is 4.52. The van der Waals surface area contributed by atoms with E-state index in [0.717, 1.165) is 13.2 Å². The fourth-order valence-electron chi connectivity index (χ4n) is 1.69. The molecule has 0 N–H and O–H groups in total. The van der Waals surface area contributed by atoms with Crippen molar-refractivity contribution >= 4 is 0 Å². The van der Waals surface area contributed by atoms with E-state index in [4.69, 9.17) is 14.2 Å². The summed E-state index contributed by atoms with van der Waals surface area (Å²) >= 11 is 0. The highest BCUT2D eigenvalue weighted by atomic mass is 16.5. The Balaban J connectivity index is 3.29. The first-order chi connectivity index (χ1) is 8.56. The summed E-state index contributed by atoms with van der Waals surface area (Å²) in [5.41, 5.74) is 0. The van der Waals surface area contributed by atoms with Crippen molar-refractivity contribution in [2.24, 2.45) is 11.8 Å². The molecule has 0 spiro atoms. The van der Waals surface area contributed by atoms with E-state index < -0.39 is 0 Å². The molecule has 2 atom stereocenters. The van der Waals surface area contributed by atoms with E-state index in [0.29, 0.717) is 31.7 Å². The SMILES string of the molecule is CCCC(C)COCC(C)OCCOCC(C)C. The van der Waals surface area contributed by atoms with Crippen LogP contribution in [0.15, 0.2) is 0 Å². The van der Waals surface area contributed by atoms with Gasteiger partial charge in [-0.15, -0.1) is 0 Å². The van der Waals surface area contributed by atoms with Crippen LogP contribution in [-0.2, 0) is 14.2 Å². The highest BCUT2D eigenvalue weighted by Crippen LogP contribution is 2.05. The fourth-order valence-corrected chi connectivity index (χ4v) is 1.69. The molecule has 0 amide bonds. The molecule has 0 saturated carbocycles. The van der Waals surface area contributed by atoms with Gasteiger partial charge in [0, 0.05) is 13.2 Å². The second-order valence-electron chi connectivity index (χ2n) is 5.58. The Bertz CT molecular complexity index is 171. The van der Waals surface area contributed by atoms with E-state index in [9.17, 15) is 0 Å². The van der Waals surface area contributed by atoms with Crippen molar-refractivity contribution < 1.29 is 14.2 Å². The van der Waals surface area contributed by atoms with Crippen molar-refractivity contribution in [3.8, 4) is 0 Å². The predicted octanol–water partition coefficient (Wildman–Crippen LogP) is 3.52. The first-order valence-corrected chi connectivity index (χ1v) is 7.33. The normalized spacial score (nSPS) is 15.0. The van der Waals surface area contributed by atoms with Crippen molar-refractivity contribution in [2.45, 2.75) is 53.6 Å². The molecule has 0 aromatic rings. The Labute approximate surface area is 113 Å². The Morgan fingerprint density at radius 2 is 1.56 bits per heavy atom. The molecule has 0 radical (unpaired) electrons. The molecule has 0 heterocycles. The van der Waals surface area contributed by atoms with Crippen molar-refractivity contribution in [2.75, 3.05) is 33.0 Å². The van der Waals surface area contributed by atoms with Crippen molar-refractivity contribution in [3.05, 3.63) is 0 Å². The predicted molar refractivity (Wildman–Crippen MR) is 76.0 cm³/mol. The Kier molecular flexibility index (Phi) is 11.9. The molecule has 0 aliphatic heterocycles. The van der Waals surface area contributed by atoms with Gasteiger partial charge in [0.1, 0.15) is 0 Å². The van der Waals surface area contributed by atoms with E-state index >= 15 is 0 Å². The van der Waals surface area contributed by atoms with Gasteiger partial charge in [0.05, 0.1) is 25.9 Å². The van der Waals surface area contributed by atoms with Crippen LogP contribution in [0, 0.1) is 11.8 Å². The maximum atomic E-state index is 5.64. The van der Waals surface area contributed by atoms with Gasteiger partial charge in [-0.25, -0.2) is 0 Å². The lowest BCUT2D eigenvalue weighted by Gasteiger charge is -2.16. The minimum Gasteiger partial charge on any atom is -0.379 e. The van der Waals surface area contributed by atoms with Crippen molar-refractivity contribution in [3.63, 3.8) is 0 Å². The van der Waals surface area contributed by atoms with Crippen LogP contribution in [0.5, 0.6) is 0 Å². The molecule has 0 fully saturated rings. The molecule has 110 valence electrons. The molecule has 0 aromatic heterocycles. The van der Waals surface area contributed by atoms with Gasteiger partial charge >= 0.3 is 0 Å². The van der Waals surface area contributed by atoms with Crippen molar-refractivity contribution in [1.29, 1.82) is 0 Å². The molecule has 3 heteroatoms. The van der Waals surface area contributed by atoms with E-state index in [1.54, 1.807) is 0 Å². The maximum Gasteiger partial charge on any atom is 0.0781 e. The highest BCUT2D eigenvalue weighted by Gasteiger charge is 2.05. The summed E-state index contributed by atoms with van der Waals surface area (Å²) in [6.45, 7) is 14.4. The molecular formula is C15H32O3. The topological polar surface area (TPSA) is 27.7 Å². The van der Waals surface area contributed by atoms with Gasteiger partial charge in [0.15, 0.2) is 0 Å². The molecule has 0 aliphatic rings. The molecule has 0 saturated heterocycles. The molecule has 3 nitrogen and oxygen atoms in total. The van der Waals surface area contributed by atoms with Crippen LogP contribution < -0.4 is 0 Å². The lowest BCUT2D eigenvalue weighted by Crippen LogP contribution is -2.20. The minimum absolute atomic E-state index is 0.154. The van der Waals surface area contributed by atoms with Crippen LogP contribution in [0.4, 0.5) is 0 Å². The molecule has 0 aromatic carbocycles. The first kappa shape index (κ1) is 17.9. The number of hydrogen-bond donors (Lipinski definition) is 0. The van der Waals surface area contributed by atoms with Gasteiger partial charge in [-0.2, -0.15) is 0 Å². The fraction of sp³-hybridized carbons (Fsp3) is 1.00. The maximum absolute atomic E-state index is 5.64. The summed E-state index contributed by atoms with van der Waals surface area (Å²) < 4.78 is 16.7. The van der Waals surface area contributed by atoms with Crippen LogP contribution >= 0.6 is 0 Å². The zero-order valence-corrected chi connectivity index (χ0v) is 12.9. The third-order valence-electron chi connectivity index (χ3n) is 2.62. The molecular weight excluding hydrogens is 228 g/mol. The summed E-state index contributed by atoms with van der Waals surface area (Å²) in [6, 6.07) is 0. The summed E-state index contributed by atoms with van der Waals surface area (Å²) in [5.74, 6) is 1.24. The number of hydrogen-bond acceptors (Lipinski definition) is 3. The largest absolute Gasteiger partial charge is 0.379 e. The lowest BCUT2D eigenvalue weighted by atomic mass is 10.1. The third-order valence-corrected chi connectivity index (χ3v) is 2.62. The van der Waals surface area contributed by atoms with Gasteiger partial charge in [0.2, 0.25) is 0 Å². The average Bonchev–Trinajstić information content (AvgIpc) is 2.28. The van der Waals surface area contributed by atoms with Crippen LogP contribution in [-0.4, -0.2) is 39.1 Å². The number of ether oxygens (including phenoxy) is 3. The summed E-state index contributed by atoms with van der Waals surface area (Å²) in [7, 11) is 0. The molecule has 2 unspecified atom stereocenters. The smallest absolute Gasteiger partial charge is 0.0781 e. The standard InChI is InChI=1S/C15H32O3/c1-6-7-14(4)11-17-12-15(5)18-9-8-16-10-13(2)3/h13-15H,6-12H2,1-5H3. The Morgan fingerprint density at radius 3 is 2.17 bits per heavy atom. The van der Waals surface area contributed by atoms with Crippen LogP contribution in [0.3, 0.4) is 0 Å². The Hall–Kier alpha value is -0.120. The number of rotatable bonds is 12. The van der Waals surface area contributed by atoms with E-state index in [2.05, 4.69) is 27.7 Å². The summed E-state index contributed by atoms with van der Waals surface area (Å²) in [5, 5.41) is 0.